The van der Waals surface area contributed by atoms with Crippen LogP contribution in [-0.2, 0) is 4.79 Å². The molecule has 1 atom stereocenters. The lowest BCUT2D eigenvalue weighted by Gasteiger charge is -2.17. The van der Waals surface area contributed by atoms with E-state index in [9.17, 15) is 4.79 Å². The Morgan fingerprint density at radius 3 is 2.61 bits per heavy atom. The predicted molar refractivity (Wildman–Crippen MR) is 71.9 cm³/mol. The largest absolute Gasteiger partial charge is 0.481 e. The number of carbonyl (C=O) groups excluding carboxylic acids is 1. The smallest absolute Gasteiger partial charge is 0.260 e. The third kappa shape index (κ3) is 3.03. The molecular formula is C15H21NO2. The van der Waals surface area contributed by atoms with Gasteiger partial charge in [0.05, 0.1) is 0 Å². The van der Waals surface area contributed by atoms with Crippen LogP contribution in [-0.4, -0.2) is 18.1 Å². The third-order valence-corrected chi connectivity index (χ3v) is 3.36. The molecule has 1 aliphatic carbocycles. The molecule has 1 aromatic carbocycles. The van der Waals surface area contributed by atoms with Gasteiger partial charge in [0.25, 0.3) is 5.91 Å². The van der Waals surface area contributed by atoms with Crippen LogP contribution < -0.4 is 10.1 Å². The first-order chi connectivity index (χ1) is 8.47. The molecule has 0 heterocycles. The molecule has 0 aliphatic heterocycles. The van der Waals surface area contributed by atoms with E-state index in [0.717, 1.165) is 29.7 Å². The molecule has 3 nitrogen and oxygen atoms in total. The van der Waals surface area contributed by atoms with Crippen molar-refractivity contribution >= 4 is 5.91 Å². The fourth-order valence-electron chi connectivity index (χ4n) is 1.91. The standard InChI is InChI=1S/C15H21NO2/c1-9-7-10(2)11(3)14(8-9)18-12(4)15(17)16-13-5-6-13/h7-8,12-13H,5-6H2,1-4H3,(H,16,17)/t12-/m1/s1. The van der Waals surface area contributed by atoms with Crippen LogP contribution in [0.4, 0.5) is 0 Å². The zero-order chi connectivity index (χ0) is 13.3. The molecule has 0 radical (unpaired) electrons. The lowest BCUT2D eigenvalue weighted by atomic mass is 10.1. The van der Waals surface area contributed by atoms with Gasteiger partial charge in [-0.15, -0.1) is 0 Å². The summed E-state index contributed by atoms with van der Waals surface area (Å²) in [4.78, 5) is 11.8. The van der Waals surface area contributed by atoms with Gasteiger partial charge in [0.2, 0.25) is 0 Å². The van der Waals surface area contributed by atoms with Crippen molar-refractivity contribution in [3.8, 4) is 5.75 Å². The summed E-state index contributed by atoms with van der Waals surface area (Å²) in [6.45, 7) is 7.92. The Kier molecular flexibility index (Phi) is 3.60. The highest BCUT2D eigenvalue weighted by atomic mass is 16.5. The number of rotatable bonds is 4. The first-order valence-corrected chi connectivity index (χ1v) is 6.52. The van der Waals surface area contributed by atoms with Crippen molar-refractivity contribution in [1.29, 1.82) is 0 Å². The number of aryl methyl sites for hydroxylation is 2. The van der Waals surface area contributed by atoms with Crippen molar-refractivity contribution in [2.24, 2.45) is 0 Å². The van der Waals surface area contributed by atoms with Gasteiger partial charge in [-0.05, 0) is 63.3 Å². The SMILES string of the molecule is Cc1cc(C)c(C)c(O[C@H](C)C(=O)NC2CC2)c1. The summed E-state index contributed by atoms with van der Waals surface area (Å²) >= 11 is 0. The lowest BCUT2D eigenvalue weighted by molar-refractivity contribution is -0.127. The normalized spacial score (nSPS) is 16.2. The van der Waals surface area contributed by atoms with Gasteiger partial charge in [-0.2, -0.15) is 0 Å². The Morgan fingerprint density at radius 1 is 1.33 bits per heavy atom. The van der Waals surface area contributed by atoms with Crippen molar-refractivity contribution in [2.75, 3.05) is 0 Å². The van der Waals surface area contributed by atoms with E-state index in [0.29, 0.717) is 6.04 Å². The second-order valence-electron chi connectivity index (χ2n) is 5.25. The van der Waals surface area contributed by atoms with Crippen molar-refractivity contribution in [1.82, 2.24) is 5.32 Å². The summed E-state index contributed by atoms with van der Waals surface area (Å²) in [6.07, 6.45) is 1.76. The molecule has 0 unspecified atom stereocenters. The molecule has 0 saturated heterocycles. The molecule has 18 heavy (non-hydrogen) atoms. The minimum Gasteiger partial charge on any atom is -0.481 e. The number of hydrogen-bond acceptors (Lipinski definition) is 2. The number of carbonyl (C=O) groups is 1. The number of ether oxygens (including phenoxy) is 1. The molecule has 0 spiro atoms. The zero-order valence-electron chi connectivity index (χ0n) is 11.5. The maximum atomic E-state index is 11.8. The molecule has 1 amide bonds. The van der Waals surface area contributed by atoms with Crippen LogP contribution in [0.2, 0.25) is 0 Å². The van der Waals surface area contributed by atoms with E-state index < -0.39 is 6.10 Å². The van der Waals surface area contributed by atoms with Crippen LogP contribution in [0, 0.1) is 20.8 Å². The summed E-state index contributed by atoms with van der Waals surface area (Å²) in [6, 6.07) is 4.49. The Labute approximate surface area is 109 Å². The van der Waals surface area contributed by atoms with Crippen LogP contribution in [0.1, 0.15) is 36.5 Å². The average Bonchev–Trinajstić information content (AvgIpc) is 3.08. The zero-order valence-corrected chi connectivity index (χ0v) is 11.5. The second kappa shape index (κ2) is 5.01. The molecule has 1 aromatic rings. The Morgan fingerprint density at radius 2 is 2.00 bits per heavy atom. The fraction of sp³-hybridized carbons (Fsp3) is 0.533. The molecule has 1 fully saturated rings. The first kappa shape index (κ1) is 12.9. The van der Waals surface area contributed by atoms with Crippen LogP contribution in [0.3, 0.4) is 0 Å². The molecule has 1 N–H and O–H groups in total. The molecule has 0 aromatic heterocycles. The Balaban J connectivity index is 2.05. The van der Waals surface area contributed by atoms with E-state index >= 15 is 0 Å². The van der Waals surface area contributed by atoms with E-state index in [4.69, 9.17) is 4.74 Å². The highest BCUT2D eigenvalue weighted by Gasteiger charge is 2.26. The van der Waals surface area contributed by atoms with Crippen LogP contribution in [0.25, 0.3) is 0 Å². The maximum absolute atomic E-state index is 11.8. The summed E-state index contributed by atoms with van der Waals surface area (Å²) in [7, 11) is 0. The van der Waals surface area contributed by atoms with Gasteiger partial charge >= 0.3 is 0 Å². The van der Waals surface area contributed by atoms with E-state index in [2.05, 4.69) is 18.3 Å². The fourth-order valence-corrected chi connectivity index (χ4v) is 1.91. The molecule has 0 bridgehead atoms. The van der Waals surface area contributed by atoms with Gasteiger partial charge in [0, 0.05) is 6.04 Å². The van der Waals surface area contributed by atoms with E-state index in [-0.39, 0.29) is 5.91 Å². The number of hydrogen-bond donors (Lipinski definition) is 1. The van der Waals surface area contributed by atoms with Crippen molar-refractivity contribution < 1.29 is 9.53 Å². The molecule has 1 saturated carbocycles. The summed E-state index contributed by atoms with van der Waals surface area (Å²) < 4.78 is 5.79. The van der Waals surface area contributed by atoms with E-state index in [1.807, 2.05) is 19.9 Å². The average molecular weight is 247 g/mol. The quantitative estimate of drug-likeness (QED) is 0.888. The second-order valence-corrected chi connectivity index (χ2v) is 5.25. The monoisotopic (exact) mass is 247 g/mol. The molecular weight excluding hydrogens is 226 g/mol. The summed E-state index contributed by atoms with van der Waals surface area (Å²) in [5.74, 6) is 0.794. The highest BCUT2D eigenvalue weighted by molar-refractivity contribution is 5.81. The third-order valence-electron chi connectivity index (χ3n) is 3.36. The highest BCUT2D eigenvalue weighted by Crippen LogP contribution is 2.25. The van der Waals surface area contributed by atoms with Crippen LogP contribution in [0.5, 0.6) is 5.75 Å². The first-order valence-electron chi connectivity index (χ1n) is 6.52. The van der Waals surface area contributed by atoms with Crippen molar-refractivity contribution in [2.45, 2.75) is 52.7 Å². The predicted octanol–water partition coefficient (Wildman–Crippen LogP) is 2.66. The van der Waals surface area contributed by atoms with Gasteiger partial charge < -0.3 is 10.1 Å². The van der Waals surface area contributed by atoms with Gasteiger partial charge in [0.15, 0.2) is 6.10 Å². The van der Waals surface area contributed by atoms with Gasteiger partial charge in [-0.1, -0.05) is 6.07 Å². The maximum Gasteiger partial charge on any atom is 0.260 e. The van der Waals surface area contributed by atoms with Gasteiger partial charge in [-0.3, -0.25) is 4.79 Å². The molecule has 1 aliphatic rings. The molecule has 98 valence electrons. The van der Waals surface area contributed by atoms with E-state index in [1.54, 1.807) is 6.92 Å². The number of nitrogens with one attached hydrogen (secondary N) is 1. The molecule has 2 rings (SSSR count). The Hall–Kier alpha value is -1.51. The van der Waals surface area contributed by atoms with Gasteiger partial charge in [-0.25, -0.2) is 0 Å². The number of benzene rings is 1. The Bertz CT molecular complexity index is 464. The van der Waals surface area contributed by atoms with Crippen molar-refractivity contribution in [3.05, 3.63) is 28.8 Å². The number of amides is 1. The minimum absolute atomic E-state index is 0.0175. The van der Waals surface area contributed by atoms with Gasteiger partial charge in [0.1, 0.15) is 5.75 Å². The van der Waals surface area contributed by atoms with Crippen LogP contribution >= 0.6 is 0 Å². The van der Waals surface area contributed by atoms with Crippen LogP contribution in [0.15, 0.2) is 12.1 Å². The molecule has 3 heteroatoms. The minimum atomic E-state index is -0.439. The summed E-state index contributed by atoms with van der Waals surface area (Å²) in [5.41, 5.74) is 3.45. The van der Waals surface area contributed by atoms with Crippen molar-refractivity contribution in [3.63, 3.8) is 0 Å². The summed E-state index contributed by atoms with van der Waals surface area (Å²) in [5, 5.41) is 2.96. The van der Waals surface area contributed by atoms with E-state index in [1.165, 1.54) is 5.56 Å². The lowest BCUT2D eigenvalue weighted by Crippen LogP contribution is -2.37. The topological polar surface area (TPSA) is 38.3 Å².